The highest BCUT2D eigenvalue weighted by Gasteiger charge is 2.15. The lowest BCUT2D eigenvalue weighted by molar-refractivity contribution is 0.552. The normalized spacial score (nSPS) is 19.5. The molecule has 1 N–H and O–H groups in total. The van der Waals surface area contributed by atoms with Gasteiger partial charge in [0.25, 0.3) is 0 Å². The van der Waals surface area contributed by atoms with Gasteiger partial charge in [0.15, 0.2) is 0 Å². The van der Waals surface area contributed by atoms with Crippen LogP contribution in [0.2, 0.25) is 0 Å². The summed E-state index contributed by atoms with van der Waals surface area (Å²) in [5, 5.41) is 3.51. The molecule has 94 valence electrons. The van der Waals surface area contributed by atoms with Crippen LogP contribution in [0.3, 0.4) is 0 Å². The highest BCUT2D eigenvalue weighted by atomic mass is 19.1. The van der Waals surface area contributed by atoms with E-state index in [0.29, 0.717) is 6.04 Å². The van der Waals surface area contributed by atoms with E-state index >= 15 is 0 Å². The average Bonchev–Trinajstić information content (AvgIpc) is 2.85. The standard InChI is InChI=1S/C14H21FN2/c1-2-17(11-9-13-4-3-10-16-13)14-7-5-12(15)6-8-14/h5-8,13,16H,2-4,9-11H2,1H3. The van der Waals surface area contributed by atoms with Crippen molar-refractivity contribution >= 4 is 5.69 Å². The summed E-state index contributed by atoms with van der Waals surface area (Å²) < 4.78 is 12.9. The summed E-state index contributed by atoms with van der Waals surface area (Å²) in [7, 11) is 0. The molecule has 0 saturated carbocycles. The molecule has 1 heterocycles. The highest BCUT2D eigenvalue weighted by Crippen LogP contribution is 2.17. The second-order valence-corrected chi connectivity index (χ2v) is 4.64. The smallest absolute Gasteiger partial charge is 0.123 e. The number of hydrogen-bond donors (Lipinski definition) is 1. The number of nitrogens with zero attached hydrogens (tertiary/aromatic N) is 1. The molecular formula is C14H21FN2. The molecule has 1 aliphatic heterocycles. The van der Waals surface area contributed by atoms with Crippen LogP contribution in [0.5, 0.6) is 0 Å². The van der Waals surface area contributed by atoms with E-state index in [0.717, 1.165) is 25.3 Å². The molecule has 0 aliphatic carbocycles. The van der Waals surface area contributed by atoms with Gasteiger partial charge in [0.1, 0.15) is 5.82 Å². The molecule has 1 aromatic carbocycles. The zero-order valence-corrected chi connectivity index (χ0v) is 10.5. The molecule has 2 nitrogen and oxygen atoms in total. The van der Waals surface area contributed by atoms with Gasteiger partial charge in [-0.2, -0.15) is 0 Å². The number of anilines is 1. The lowest BCUT2D eigenvalue weighted by Gasteiger charge is -2.24. The summed E-state index contributed by atoms with van der Waals surface area (Å²) in [6.45, 7) is 5.32. The predicted octanol–water partition coefficient (Wildman–Crippen LogP) is 2.79. The fourth-order valence-corrected chi connectivity index (χ4v) is 2.44. The Morgan fingerprint density at radius 2 is 2.12 bits per heavy atom. The lowest BCUT2D eigenvalue weighted by Crippen LogP contribution is -2.30. The first-order chi connectivity index (χ1) is 8.29. The fourth-order valence-electron chi connectivity index (χ4n) is 2.44. The van der Waals surface area contributed by atoms with E-state index in [1.54, 1.807) is 0 Å². The highest BCUT2D eigenvalue weighted by molar-refractivity contribution is 5.46. The maximum Gasteiger partial charge on any atom is 0.123 e. The Morgan fingerprint density at radius 1 is 1.35 bits per heavy atom. The lowest BCUT2D eigenvalue weighted by atomic mass is 10.1. The number of benzene rings is 1. The van der Waals surface area contributed by atoms with Crippen LogP contribution in [-0.4, -0.2) is 25.7 Å². The number of nitrogens with one attached hydrogen (secondary N) is 1. The van der Waals surface area contributed by atoms with Crippen molar-refractivity contribution in [2.24, 2.45) is 0 Å². The van der Waals surface area contributed by atoms with E-state index in [9.17, 15) is 4.39 Å². The Kier molecular flexibility index (Phi) is 4.37. The van der Waals surface area contributed by atoms with Gasteiger partial charge in [0, 0.05) is 24.8 Å². The first kappa shape index (κ1) is 12.4. The Hall–Kier alpha value is -1.09. The molecule has 3 heteroatoms. The van der Waals surface area contributed by atoms with E-state index in [4.69, 9.17) is 0 Å². The average molecular weight is 236 g/mol. The molecule has 0 aromatic heterocycles. The van der Waals surface area contributed by atoms with Crippen LogP contribution < -0.4 is 10.2 Å². The van der Waals surface area contributed by atoms with Gasteiger partial charge in [-0.05, 0) is 57.0 Å². The van der Waals surface area contributed by atoms with Crippen LogP contribution in [0.25, 0.3) is 0 Å². The molecule has 1 unspecified atom stereocenters. The van der Waals surface area contributed by atoms with Crippen LogP contribution in [0, 0.1) is 5.82 Å². The zero-order chi connectivity index (χ0) is 12.1. The van der Waals surface area contributed by atoms with Gasteiger partial charge in [-0.3, -0.25) is 0 Å². The monoisotopic (exact) mass is 236 g/mol. The molecule has 17 heavy (non-hydrogen) atoms. The molecule has 0 spiro atoms. The van der Waals surface area contributed by atoms with Gasteiger partial charge in [-0.25, -0.2) is 4.39 Å². The first-order valence-corrected chi connectivity index (χ1v) is 6.53. The van der Waals surface area contributed by atoms with Gasteiger partial charge < -0.3 is 10.2 Å². The van der Waals surface area contributed by atoms with Gasteiger partial charge >= 0.3 is 0 Å². The third kappa shape index (κ3) is 3.43. The van der Waals surface area contributed by atoms with E-state index in [1.165, 1.54) is 31.4 Å². The molecular weight excluding hydrogens is 215 g/mol. The quantitative estimate of drug-likeness (QED) is 0.845. The third-order valence-electron chi connectivity index (χ3n) is 3.48. The molecule has 2 rings (SSSR count). The predicted molar refractivity (Wildman–Crippen MR) is 69.9 cm³/mol. The number of hydrogen-bond acceptors (Lipinski definition) is 2. The Bertz CT molecular complexity index is 331. The first-order valence-electron chi connectivity index (χ1n) is 6.53. The molecule has 0 amide bonds. The van der Waals surface area contributed by atoms with Crippen LogP contribution >= 0.6 is 0 Å². The van der Waals surface area contributed by atoms with Crippen molar-refractivity contribution in [3.05, 3.63) is 30.1 Å². The molecule has 1 aromatic rings. The zero-order valence-electron chi connectivity index (χ0n) is 10.5. The van der Waals surface area contributed by atoms with E-state index in [2.05, 4.69) is 17.1 Å². The maximum atomic E-state index is 12.9. The molecule has 1 fully saturated rings. The van der Waals surface area contributed by atoms with Crippen LogP contribution in [-0.2, 0) is 0 Å². The largest absolute Gasteiger partial charge is 0.372 e. The third-order valence-corrected chi connectivity index (χ3v) is 3.48. The summed E-state index contributed by atoms with van der Waals surface area (Å²) in [5.74, 6) is -0.165. The summed E-state index contributed by atoms with van der Waals surface area (Å²) >= 11 is 0. The van der Waals surface area contributed by atoms with Crippen molar-refractivity contribution in [1.29, 1.82) is 0 Å². The Balaban J connectivity index is 1.89. The van der Waals surface area contributed by atoms with Gasteiger partial charge in [0.05, 0.1) is 0 Å². The fraction of sp³-hybridized carbons (Fsp3) is 0.571. The minimum absolute atomic E-state index is 0.165. The van der Waals surface area contributed by atoms with E-state index in [1.807, 2.05) is 12.1 Å². The molecule has 0 bridgehead atoms. The Morgan fingerprint density at radius 3 is 2.71 bits per heavy atom. The topological polar surface area (TPSA) is 15.3 Å². The van der Waals surface area contributed by atoms with Crippen molar-refractivity contribution in [3.63, 3.8) is 0 Å². The molecule has 1 saturated heterocycles. The van der Waals surface area contributed by atoms with Crippen LogP contribution in [0.1, 0.15) is 26.2 Å². The second-order valence-electron chi connectivity index (χ2n) is 4.64. The maximum absolute atomic E-state index is 12.9. The summed E-state index contributed by atoms with van der Waals surface area (Å²) in [6.07, 6.45) is 3.76. The van der Waals surface area contributed by atoms with Crippen molar-refractivity contribution in [3.8, 4) is 0 Å². The van der Waals surface area contributed by atoms with Crippen LogP contribution in [0.15, 0.2) is 24.3 Å². The van der Waals surface area contributed by atoms with Gasteiger partial charge in [0.2, 0.25) is 0 Å². The van der Waals surface area contributed by atoms with Crippen molar-refractivity contribution in [1.82, 2.24) is 5.32 Å². The van der Waals surface area contributed by atoms with Gasteiger partial charge in [-0.15, -0.1) is 0 Å². The number of halogens is 1. The van der Waals surface area contributed by atoms with Crippen molar-refractivity contribution in [2.75, 3.05) is 24.5 Å². The Labute approximate surface area is 103 Å². The summed E-state index contributed by atoms with van der Waals surface area (Å²) in [5.41, 5.74) is 1.12. The van der Waals surface area contributed by atoms with E-state index in [-0.39, 0.29) is 5.82 Å². The SMILES string of the molecule is CCN(CCC1CCCN1)c1ccc(F)cc1. The summed E-state index contributed by atoms with van der Waals surface area (Å²) in [4.78, 5) is 2.31. The molecule has 1 atom stereocenters. The minimum Gasteiger partial charge on any atom is -0.372 e. The molecule has 1 aliphatic rings. The van der Waals surface area contributed by atoms with Gasteiger partial charge in [-0.1, -0.05) is 0 Å². The minimum atomic E-state index is -0.165. The van der Waals surface area contributed by atoms with Crippen molar-refractivity contribution in [2.45, 2.75) is 32.2 Å². The molecule has 0 radical (unpaired) electrons. The second kappa shape index (κ2) is 6.01. The van der Waals surface area contributed by atoms with E-state index < -0.39 is 0 Å². The van der Waals surface area contributed by atoms with Crippen molar-refractivity contribution < 1.29 is 4.39 Å². The summed E-state index contributed by atoms with van der Waals surface area (Å²) in [6, 6.07) is 7.46. The number of rotatable bonds is 5. The van der Waals surface area contributed by atoms with Crippen LogP contribution in [0.4, 0.5) is 10.1 Å².